The highest BCUT2D eigenvalue weighted by atomic mass is 35.5. The van der Waals surface area contributed by atoms with E-state index in [0.29, 0.717) is 18.2 Å². The van der Waals surface area contributed by atoms with Crippen LogP contribution in [0.1, 0.15) is 61.6 Å². The molecule has 2 unspecified atom stereocenters. The number of aromatic nitrogens is 1. The lowest BCUT2D eigenvalue weighted by atomic mass is 9.72. The van der Waals surface area contributed by atoms with Gasteiger partial charge in [-0.15, -0.1) is 0 Å². The summed E-state index contributed by atoms with van der Waals surface area (Å²) in [5, 5.41) is 22.5. The van der Waals surface area contributed by atoms with Gasteiger partial charge >= 0.3 is 0 Å². The molecule has 6 heteroatoms. The largest absolute Gasteiger partial charge is 0.487 e. The Bertz CT molecular complexity index is 1300. The van der Waals surface area contributed by atoms with E-state index in [2.05, 4.69) is 29.0 Å². The molecule has 0 saturated carbocycles. The summed E-state index contributed by atoms with van der Waals surface area (Å²) in [7, 11) is 0. The fraction of sp³-hybridized carbons (Fsp3) is 0.387. The number of nitrogens with zero attached hydrogens (tertiary/aromatic N) is 2. The monoisotopic (exact) mass is 518 g/mol. The van der Waals surface area contributed by atoms with Crippen LogP contribution in [0.15, 0.2) is 66.9 Å². The summed E-state index contributed by atoms with van der Waals surface area (Å²) in [5.41, 5.74) is 4.75. The Hall–Kier alpha value is -2.70. The number of aliphatic hydroxyl groups excluding tert-OH is 1. The Labute approximate surface area is 224 Å². The Kier molecular flexibility index (Phi) is 7.16. The van der Waals surface area contributed by atoms with Gasteiger partial charge < -0.3 is 19.8 Å². The van der Waals surface area contributed by atoms with E-state index in [1.807, 2.05) is 48.5 Å². The van der Waals surface area contributed by atoms with E-state index in [0.717, 1.165) is 65.2 Å². The zero-order valence-electron chi connectivity index (χ0n) is 21.7. The van der Waals surface area contributed by atoms with E-state index < -0.39 is 11.7 Å². The van der Waals surface area contributed by atoms with Crippen molar-refractivity contribution in [2.75, 3.05) is 19.6 Å². The molecular weight excluding hydrogens is 484 g/mol. The van der Waals surface area contributed by atoms with Crippen molar-refractivity contribution in [1.82, 2.24) is 9.88 Å². The number of β-amino-alcohol motifs (C(OH)–C–C–N with tert-alkyl or cyclic N) is 1. The molecule has 2 N–H and O–H groups in total. The molecule has 1 aromatic heterocycles. The molecule has 194 valence electrons. The van der Waals surface area contributed by atoms with Crippen LogP contribution in [0.3, 0.4) is 0 Å². The second-order valence-electron chi connectivity index (χ2n) is 11.0. The normalized spacial score (nSPS) is 23.2. The minimum absolute atomic E-state index is 0.283. The van der Waals surface area contributed by atoms with Crippen molar-refractivity contribution in [3.05, 3.63) is 99.8 Å². The van der Waals surface area contributed by atoms with Crippen LogP contribution >= 0.6 is 11.6 Å². The van der Waals surface area contributed by atoms with Crippen molar-refractivity contribution in [3.63, 3.8) is 0 Å². The van der Waals surface area contributed by atoms with Crippen molar-refractivity contribution < 1.29 is 14.9 Å². The average Bonchev–Trinajstić information content (AvgIpc) is 3.03. The first-order chi connectivity index (χ1) is 17.6. The fourth-order valence-electron chi connectivity index (χ4n) is 5.41. The summed E-state index contributed by atoms with van der Waals surface area (Å²) in [6.45, 7) is 8.53. The van der Waals surface area contributed by atoms with Gasteiger partial charge in [0, 0.05) is 40.9 Å². The average molecular weight is 519 g/mol. The number of halogens is 1. The van der Waals surface area contributed by atoms with Crippen LogP contribution in [0, 0.1) is 0 Å². The smallest absolute Gasteiger partial charge is 0.131 e. The molecule has 5 rings (SSSR count). The first-order valence-electron chi connectivity index (χ1n) is 13.0. The van der Waals surface area contributed by atoms with Gasteiger partial charge in [-0.3, -0.25) is 4.98 Å². The van der Waals surface area contributed by atoms with Gasteiger partial charge in [0.15, 0.2) is 0 Å². The fourth-order valence-corrected chi connectivity index (χ4v) is 5.54. The third-order valence-electron chi connectivity index (χ3n) is 7.93. The molecule has 5 nitrogen and oxygen atoms in total. The predicted octanol–water partition coefficient (Wildman–Crippen LogP) is 5.70. The molecule has 1 saturated heterocycles. The minimum atomic E-state index is -0.953. The minimum Gasteiger partial charge on any atom is -0.487 e. The molecule has 2 atom stereocenters. The lowest BCUT2D eigenvalue weighted by Gasteiger charge is -2.44. The predicted molar refractivity (Wildman–Crippen MR) is 148 cm³/mol. The number of piperidine rings is 1. The van der Waals surface area contributed by atoms with Crippen molar-refractivity contribution in [2.45, 2.75) is 57.3 Å². The Morgan fingerprint density at radius 1 is 1.16 bits per heavy atom. The molecule has 0 bridgehead atoms. The first-order valence-corrected chi connectivity index (χ1v) is 13.3. The molecule has 0 aliphatic carbocycles. The summed E-state index contributed by atoms with van der Waals surface area (Å²) in [4.78, 5) is 6.91. The van der Waals surface area contributed by atoms with Gasteiger partial charge in [0.05, 0.1) is 17.4 Å². The summed E-state index contributed by atoms with van der Waals surface area (Å²) in [5.74, 6) is 0.796. The van der Waals surface area contributed by atoms with Crippen LogP contribution in [0.25, 0.3) is 5.57 Å². The van der Waals surface area contributed by atoms with E-state index in [9.17, 15) is 10.2 Å². The quantitative estimate of drug-likeness (QED) is 0.453. The van der Waals surface area contributed by atoms with E-state index in [1.54, 1.807) is 20.0 Å². The number of benzene rings is 2. The van der Waals surface area contributed by atoms with E-state index in [1.165, 1.54) is 0 Å². The van der Waals surface area contributed by atoms with E-state index >= 15 is 0 Å². The maximum atomic E-state index is 11.1. The van der Waals surface area contributed by atoms with Gasteiger partial charge in [-0.2, -0.15) is 0 Å². The topological polar surface area (TPSA) is 65.8 Å². The summed E-state index contributed by atoms with van der Waals surface area (Å²) in [6, 6.07) is 17.8. The number of fused-ring (bicyclic) bond motifs is 2. The zero-order chi connectivity index (χ0) is 26.2. The molecule has 0 spiro atoms. The molecule has 3 aromatic rings. The van der Waals surface area contributed by atoms with Crippen LogP contribution < -0.4 is 4.74 Å². The number of aliphatic hydroxyl groups is 2. The van der Waals surface area contributed by atoms with Gasteiger partial charge in [0.2, 0.25) is 0 Å². The molecule has 0 amide bonds. The highest BCUT2D eigenvalue weighted by Gasteiger charge is 2.39. The maximum absolute atomic E-state index is 11.1. The van der Waals surface area contributed by atoms with Gasteiger partial charge in [0.1, 0.15) is 12.4 Å². The standard InChI is InChI=1S/C31H35ClN2O3/c1-30(2,36)22-10-13-28-26(18-22)24(25-6-4-15-33-27(25)20-37-28)7-5-16-34-17-14-31(3,29(35)19-34)21-8-11-23(32)12-9-21/h4,6-13,15,18,29,35-36H,5,14,16-17,19-20H2,1-3H3/b24-7-. The van der Waals surface area contributed by atoms with E-state index in [4.69, 9.17) is 16.3 Å². The number of hydrogen-bond acceptors (Lipinski definition) is 5. The summed E-state index contributed by atoms with van der Waals surface area (Å²) >= 11 is 6.08. The highest BCUT2D eigenvalue weighted by Crippen LogP contribution is 2.39. The highest BCUT2D eigenvalue weighted by molar-refractivity contribution is 6.30. The maximum Gasteiger partial charge on any atom is 0.131 e. The van der Waals surface area contributed by atoms with Gasteiger partial charge in [-0.1, -0.05) is 48.9 Å². The molecule has 0 radical (unpaired) electrons. The van der Waals surface area contributed by atoms with Crippen molar-refractivity contribution in [1.29, 1.82) is 0 Å². The van der Waals surface area contributed by atoms with Crippen LogP contribution in [0.5, 0.6) is 5.75 Å². The number of pyridine rings is 1. The molecule has 2 aromatic carbocycles. The lowest BCUT2D eigenvalue weighted by molar-refractivity contribution is 0.00791. The van der Waals surface area contributed by atoms with Crippen LogP contribution in [0.2, 0.25) is 5.02 Å². The van der Waals surface area contributed by atoms with E-state index in [-0.39, 0.29) is 5.41 Å². The SMILES string of the molecule is CC(C)(O)c1ccc2c(c1)/C(=C\CCN1CCC(C)(c3ccc(Cl)cc3)C(O)C1)c1cccnc1CO2. The number of hydrogen-bond donors (Lipinski definition) is 2. The van der Waals surface area contributed by atoms with Gasteiger partial charge in [-0.25, -0.2) is 0 Å². The molecule has 3 heterocycles. The van der Waals surface area contributed by atoms with Crippen molar-refractivity contribution in [2.24, 2.45) is 0 Å². The third kappa shape index (κ3) is 5.32. The molecule has 37 heavy (non-hydrogen) atoms. The Morgan fingerprint density at radius 2 is 1.95 bits per heavy atom. The summed E-state index contributed by atoms with van der Waals surface area (Å²) in [6.07, 6.45) is 5.29. The number of rotatable bonds is 5. The molecule has 1 fully saturated rings. The Morgan fingerprint density at radius 3 is 2.68 bits per heavy atom. The van der Waals surface area contributed by atoms with Gasteiger partial charge in [0.25, 0.3) is 0 Å². The van der Waals surface area contributed by atoms with Crippen LogP contribution in [-0.2, 0) is 17.6 Å². The Balaban J connectivity index is 1.37. The number of likely N-dealkylation sites (tertiary alicyclic amines) is 1. The van der Waals surface area contributed by atoms with Crippen molar-refractivity contribution in [3.8, 4) is 5.75 Å². The molecular formula is C31H35ClN2O3. The first kappa shape index (κ1) is 25.9. The lowest BCUT2D eigenvalue weighted by Crippen LogP contribution is -2.52. The molecule has 2 aliphatic rings. The van der Waals surface area contributed by atoms with Crippen LogP contribution in [0.4, 0.5) is 0 Å². The van der Waals surface area contributed by atoms with Gasteiger partial charge in [-0.05, 0) is 80.3 Å². The second-order valence-corrected chi connectivity index (χ2v) is 11.4. The third-order valence-corrected chi connectivity index (χ3v) is 8.18. The summed E-state index contributed by atoms with van der Waals surface area (Å²) < 4.78 is 6.12. The van der Waals surface area contributed by atoms with Crippen molar-refractivity contribution >= 4 is 17.2 Å². The number of ether oxygens (including phenoxy) is 1. The zero-order valence-corrected chi connectivity index (χ0v) is 22.5. The second kappa shape index (κ2) is 10.2. The molecule has 2 aliphatic heterocycles. The van der Waals surface area contributed by atoms with Crippen LogP contribution in [-0.4, -0.2) is 45.8 Å².